The lowest BCUT2D eigenvalue weighted by Crippen LogP contribution is -2.17. The maximum absolute atomic E-state index is 12.8. The van der Waals surface area contributed by atoms with Crippen LogP contribution >= 0.6 is 0 Å². The predicted molar refractivity (Wildman–Crippen MR) is 97.7 cm³/mol. The molecule has 1 aliphatic carbocycles. The zero-order chi connectivity index (χ0) is 18.1. The highest BCUT2D eigenvalue weighted by Crippen LogP contribution is 2.42. The van der Waals surface area contributed by atoms with Gasteiger partial charge in [-0.25, -0.2) is 4.68 Å². The lowest BCUT2D eigenvalue weighted by molar-refractivity contribution is 0.101. The summed E-state index contributed by atoms with van der Waals surface area (Å²) in [6.07, 6.45) is 2.04. The molecule has 0 atom stereocenters. The standard InChI is InChI=1S/C20H18N4O2/c1-13(25)16-9-5-6-10-17(16)21-20(26)18-19(14-11-12-14)24(23-22-18)15-7-3-2-4-8-15/h2-10,14H,11-12H2,1H3,(H,21,26). The first-order valence-electron chi connectivity index (χ1n) is 8.57. The van der Waals surface area contributed by atoms with Crippen LogP contribution < -0.4 is 5.32 Å². The smallest absolute Gasteiger partial charge is 0.278 e. The number of carbonyl (C=O) groups is 2. The zero-order valence-electron chi connectivity index (χ0n) is 14.3. The molecule has 1 amide bonds. The van der Waals surface area contributed by atoms with Gasteiger partial charge < -0.3 is 5.32 Å². The Labute approximate surface area is 150 Å². The van der Waals surface area contributed by atoms with Gasteiger partial charge >= 0.3 is 0 Å². The number of para-hydroxylation sites is 2. The van der Waals surface area contributed by atoms with Crippen LogP contribution in [0, 0.1) is 0 Å². The molecule has 1 heterocycles. The van der Waals surface area contributed by atoms with Crippen molar-refractivity contribution in [3.8, 4) is 5.69 Å². The van der Waals surface area contributed by atoms with E-state index < -0.39 is 0 Å². The van der Waals surface area contributed by atoms with E-state index in [0.29, 0.717) is 16.9 Å². The van der Waals surface area contributed by atoms with Crippen molar-refractivity contribution in [2.45, 2.75) is 25.7 Å². The number of rotatable bonds is 5. The molecule has 1 saturated carbocycles. The summed E-state index contributed by atoms with van der Waals surface area (Å²) in [5.41, 5.74) is 2.99. The third-order valence-electron chi connectivity index (χ3n) is 4.44. The van der Waals surface area contributed by atoms with Gasteiger partial charge in [-0.2, -0.15) is 0 Å². The number of nitrogens with zero attached hydrogens (tertiary/aromatic N) is 3. The van der Waals surface area contributed by atoms with Crippen LogP contribution in [-0.2, 0) is 0 Å². The molecule has 0 unspecified atom stereocenters. The third-order valence-corrected chi connectivity index (χ3v) is 4.44. The molecular weight excluding hydrogens is 328 g/mol. The fourth-order valence-corrected chi connectivity index (χ4v) is 3.01. The molecule has 0 saturated heterocycles. The predicted octanol–water partition coefficient (Wildman–Crippen LogP) is 3.60. The van der Waals surface area contributed by atoms with Crippen LogP contribution in [0.25, 0.3) is 5.69 Å². The highest BCUT2D eigenvalue weighted by atomic mass is 16.2. The summed E-state index contributed by atoms with van der Waals surface area (Å²) in [6, 6.07) is 16.6. The van der Waals surface area contributed by atoms with Gasteiger partial charge in [0.25, 0.3) is 5.91 Å². The van der Waals surface area contributed by atoms with Gasteiger partial charge in [0.15, 0.2) is 11.5 Å². The van der Waals surface area contributed by atoms with Crippen molar-refractivity contribution in [3.05, 3.63) is 71.5 Å². The molecule has 1 N–H and O–H groups in total. The number of aromatic nitrogens is 3. The molecule has 130 valence electrons. The van der Waals surface area contributed by atoms with E-state index in [2.05, 4.69) is 15.6 Å². The molecular formula is C20H18N4O2. The van der Waals surface area contributed by atoms with Gasteiger partial charge in [-0.3, -0.25) is 9.59 Å². The fraction of sp³-hybridized carbons (Fsp3) is 0.200. The Bertz CT molecular complexity index is 974. The minimum Gasteiger partial charge on any atom is -0.320 e. The minimum atomic E-state index is -0.345. The lowest BCUT2D eigenvalue weighted by atomic mass is 10.1. The van der Waals surface area contributed by atoms with E-state index in [1.54, 1.807) is 28.9 Å². The van der Waals surface area contributed by atoms with Gasteiger partial charge in [-0.05, 0) is 44.0 Å². The van der Waals surface area contributed by atoms with Crippen molar-refractivity contribution in [2.75, 3.05) is 5.32 Å². The Morgan fingerprint density at radius 1 is 1.04 bits per heavy atom. The van der Waals surface area contributed by atoms with Crippen LogP contribution in [0.2, 0.25) is 0 Å². The van der Waals surface area contributed by atoms with Crippen molar-refractivity contribution in [1.82, 2.24) is 15.0 Å². The van der Waals surface area contributed by atoms with E-state index in [9.17, 15) is 9.59 Å². The molecule has 6 nitrogen and oxygen atoms in total. The normalized spacial score (nSPS) is 13.4. The van der Waals surface area contributed by atoms with E-state index >= 15 is 0 Å². The highest BCUT2D eigenvalue weighted by Gasteiger charge is 2.34. The Balaban J connectivity index is 1.69. The van der Waals surface area contributed by atoms with Gasteiger partial charge in [-0.1, -0.05) is 35.5 Å². The first-order chi connectivity index (χ1) is 12.6. The van der Waals surface area contributed by atoms with Gasteiger partial charge in [0.1, 0.15) is 0 Å². The molecule has 0 bridgehead atoms. The van der Waals surface area contributed by atoms with E-state index in [-0.39, 0.29) is 17.6 Å². The Hall–Kier alpha value is -3.28. The molecule has 3 aromatic rings. The molecule has 1 fully saturated rings. The van der Waals surface area contributed by atoms with Crippen LogP contribution in [0.3, 0.4) is 0 Å². The van der Waals surface area contributed by atoms with E-state index in [4.69, 9.17) is 0 Å². The first kappa shape index (κ1) is 16.2. The Morgan fingerprint density at radius 3 is 2.42 bits per heavy atom. The molecule has 1 aliphatic rings. The number of anilines is 1. The van der Waals surface area contributed by atoms with Crippen molar-refractivity contribution in [1.29, 1.82) is 0 Å². The number of ketones is 1. The average molecular weight is 346 g/mol. The lowest BCUT2D eigenvalue weighted by Gasteiger charge is -2.09. The Morgan fingerprint density at radius 2 is 1.73 bits per heavy atom. The average Bonchev–Trinajstić information content (AvgIpc) is 3.40. The quantitative estimate of drug-likeness (QED) is 0.716. The number of Topliss-reactive ketones (excluding diaryl/α,β-unsaturated/α-hetero) is 1. The maximum Gasteiger partial charge on any atom is 0.278 e. The summed E-state index contributed by atoms with van der Waals surface area (Å²) in [4.78, 5) is 24.6. The van der Waals surface area contributed by atoms with Crippen molar-refractivity contribution < 1.29 is 9.59 Å². The van der Waals surface area contributed by atoms with Crippen molar-refractivity contribution in [2.24, 2.45) is 0 Å². The molecule has 4 rings (SSSR count). The van der Waals surface area contributed by atoms with Crippen LogP contribution in [-0.4, -0.2) is 26.7 Å². The van der Waals surface area contributed by atoms with Crippen molar-refractivity contribution >= 4 is 17.4 Å². The van der Waals surface area contributed by atoms with Crippen LogP contribution in [0.5, 0.6) is 0 Å². The maximum atomic E-state index is 12.8. The van der Waals surface area contributed by atoms with E-state index in [1.807, 2.05) is 30.3 Å². The van der Waals surface area contributed by atoms with Gasteiger partial charge in [0.2, 0.25) is 0 Å². The van der Waals surface area contributed by atoms with Crippen LogP contribution in [0.1, 0.15) is 52.2 Å². The second-order valence-corrected chi connectivity index (χ2v) is 6.40. The second kappa shape index (κ2) is 6.55. The zero-order valence-corrected chi connectivity index (χ0v) is 14.3. The monoisotopic (exact) mass is 346 g/mol. The minimum absolute atomic E-state index is 0.101. The van der Waals surface area contributed by atoms with Gasteiger partial charge in [-0.15, -0.1) is 5.10 Å². The topological polar surface area (TPSA) is 76.9 Å². The number of hydrogen-bond acceptors (Lipinski definition) is 4. The SMILES string of the molecule is CC(=O)c1ccccc1NC(=O)c1nnn(-c2ccccc2)c1C1CC1. The summed E-state index contributed by atoms with van der Waals surface area (Å²) >= 11 is 0. The van der Waals surface area contributed by atoms with Crippen LogP contribution in [0.4, 0.5) is 5.69 Å². The molecule has 0 radical (unpaired) electrons. The number of carbonyl (C=O) groups excluding carboxylic acids is 2. The fourth-order valence-electron chi connectivity index (χ4n) is 3.01. The summed E-state index contributed by atoms with van der Waals surface area (Å²) < 4.78 is 1.74. The number of nitrogens with one attached hydrogen (secondary N) is 1. The third kappa shape index (κ3) is 3.01. The summed E-state index contributed by atoms with van der Waals surface area (Å²) in [6.45, 7) is 1.48. The van der Waals surface area contributed by atoms with E-state index in [0.717, 1.165) is 24.2 Å². The summed E-state index contributed by atoms with van der Waals surface area (Å²) in [5.74, 6) is -0.159. The molecule has 6 heteroatoms. The molecule has 2 aromatic carbocycles. The molecule has 0 spiro atoms. The molecule has 1 aromatic heterocycles. The molecule has 26 heavy (non-hydrogen) atoms. The van der Waals surface area contributed by atoms with Crippen LogP contribution in [0.15, 0.2) is 54.6 Å². The van der Waals surface area contributed by atoms with E-state index in [1.165, 1.54) is 6.92 Å². The second-order valence-electron chi connectivity index (χ2n) is 6.40. The highest BCUT2D eigenvalue weighted by molar-refractivity contribution is 6.08. The number of benzene rings is 2. The van der Waals surface area contributed by atoms with Crippen molar-refractivity contribution in [3.63, 3.8) is 0 Å². The van der Waals surface area contributed by atoms with Gasteiger partial charge in [0.05, 0.1) is 17.1 Å². The molecule has 0 aliphatic heterocycles. The number of hydrogen-bond donors (Lipinski definition) is 1. The summed E-state index contributed by atoms with van der Waals surface area (Å²) in [5, 5.41) is 11.2. The first-order valence-corrected chi connectivity index (χ1v) is 8.57. The van der Waals surface area contributed by atoms with Gasteiger partial charge in [0, 0.05) is 11.5 Å². The summed E-state index contributed by atoms with van der Waals surface area (Å²) in [7, 11) is 0. The Kier molecular flexibility index (Phi) is 4.08. The number of amides is 1. The largest absolute Gasteiger partial charge is 0.320 e.